The Kier molecular flexibility index (Phi) is 7.24. The number of nitriles is 2. The highest BCUT2D eigenvalue weighted by Gasteiger charge is 2.08. The lowest BCUT2D eigenvalue weighted by molar-refractivity contribution is 0.666. The highest BCUT2D eigenvalue weighted by molar-refractivity contribution is 8.34. The zero-order valence-corrected chi connectivity index (χ0v) is 17.6. The summed E-state index contributed by atoms with van der Waals surface area (Å²) in [6.07, 6.45) is 6.11. The van der Waals surface area contributed by atoms with Crippen molar-refractivity contribution in [3.63, 3.8) is 0 Å². The van der Waals surface area contributed by atoms with Crippen LogP contribution in [0.5, 0.6) is 0 Å². The van der Waals surface area contributed by atoms with Gasteiger partial charge in [0.15, 0.2) is 0 Å². The van der Waals surface area contributed by atoms with Gasteiger partial charge in [-0.3, -0.25) is 0 Å². The third-order valence-corrected chi connectivity index (χ3v) is 8.04. The Morgan fingerprint density at radius 3 is 2.30 bits per heavy atom. The molecule has 3 rings (SSSR count). The highest BCUT2D eigenvalue weighted by atomic mass is 32.2. The van der Waals surface area contributed by atoms with Crippen molar-refractivity contribution in [2.45, 2.75) is 39.0 Å². The van der Waals surface area contributed by atoms with Crippen LogP contribution in [0, 0.1) is 32.4 Å². The molecule has 2 nitrogen and oxygen atoms in total. The van der Waals surface area contributed by atoms with Crippen LogP contribution in [0.15, 0.2) is 41.1 Å². The van der Waals surface area contributed by atoms with E-state index in [1.54, 1.807) is 23.5 Å². The number of aryl methyl sites for hydroxylation is 1. The summed E-state index contributed by atoms with van der Waals surface area (Å²) in [5.74, 6) is 0. The molecule has 0 fully saturated rings. The third kappa shape index (κ3) is 4.87. The molecule has 1 aromatic carbocycles. The summed E-state index contributed by atoms with van der Waals surface area (Å²) in [5, 5.41) is 24.2. The van der Waals surface area contributed by atoms with Gasteiger partial charge in [0.05, 0.1) is 4.24 Å². The number of hydrogen-bond acceptors (Lipinski definition) is 5. The number of thioether (sulfide) groups is 2. The van der Waals surface area contributed by atoms with E-state index in [-0.39, 0.29) is 5.57 Å². The largest absolute Gasteiger partial charge is 0.192 e. The molecule has 136 valence electrons. The zero-order chi connectivity index (χ0) is 19.1. The standard InChI is InChI=1S/C22H20N2S3/c1-2-3-4-5-6-18-13-20(22-25-11-12-26-22)27-21(18)17-9-7-16(8-10-17)19(14-23)15-24/h7-13H,2-6H2,1H3. The van der Waals surface area contributed by atoms with Crippen molar-refractivity contribution in [2.24, 2.45) is 0 Å². The molecule has 1 aromatic heterocycles. The maximum absolute atomic E-state index is 9.05. The molecule has 27 heavy (non-hydrogen) atoms. The molecule has 0 saturated carbocycles. The Morgan fingerprint density at radius 2 is 1.67 bits per heavy atom. The van der Waals surface area contributed by atoms with E-state index in [9.17, 15) is 0 Å². The smallest absolute Gasteiger partial charge is 0.136 e. The van der Waals surface area contributed by atoms with E-state index in [2.05, 4.69) is 23.8 Å². The number of benzene rings is 1. The maximum Gasteiger partial charge on any atom is 0.136 e. The quantitative estimate of drug-likeness (QED) is 0.624. The second-order valence-corrected chi connectivity index (χ2v) is 9.39. The van der Waals surface area contributed by atoms with E-state index in [0.717, 1.165) is 11.6 Å². The lowest BCUT2D eigenvalue weighted by atomic mass is 10.1. The summed E-state index contributed by atoms with van der Waals surface area (Å²) in [7, 11) is 0. The Morgan fingerprint density at radius 1 is 0.963 bits per heavy atom. The lowest BCUT2D eigenvalue weighted by Crippen LogP contribution is -2.02. The summed E-state index contributed by atoms with van der Waals surface area (Å²) >= 11 is 5.43. The van der Waals surface area contributed by atoms with Crippen LogP contribution in [0.3, 0.4) is 0 Å². The highest BCUT2D eigenvalue weighted by Crippen LogP contribution is 2.38. The van der Waals surface area contributed by atoms with E-state index in [1.165, 1.54) is 44.5 Å². The molecular formula is C22H20N2S3. The molecule has 2 heterocycles. The van der Waals surface area contributed by atoms with Crippen LogP contribution in [0.25, 0.3) is 9.81 Å². The number of thiophene rings is 1. The van der Waals surface area contributed by atoms with Crippen molar-refractivity contribution in [2.75, 3.05) is 0 Å². The lowest BCUT2D eigenvalue weighted by Gasteiger charge is -1.98. The van der Waals surface area contributed by atoms with Gasteiger partial charge < -0.3 is 0 Å². The van der Waals surface area contributed by atoms with E-state index >= 15 is 0 Å². The summed E-state index contributed by atoms with van der Waals surface area (Å²) in [4.78, 5) is 0. The van der Waals surface area contributed by atoms with E-state index in [0.29, 0.717) is 5.22 Å². The minimum absolute atomic E-state index is 0.161. The molecule has 0 atom stereocenters. The number of hydrogen-bond donors (Lipinski definition) is 0. The molecule has 0 amide bonds. The number of nitrogens with zero attached hydrogens (tertiary/aromatic N) is 2. The molecule has 0 spiro atoms. The second kappa shape index (κ2) is 9.85. The maximum atomic E-state index is 9.05. The first-order valence-electron chi connectivity index (χ1n) is 9.03. The van der Waals surface area contributed by atoms with Gasteiger partial charge in [0.25, 0.3) is 0 Å². The monoisotopic (exact) mass is 408 g/mol. The fourth-order valence-electron chi connectivity index (χ4n) is 2.97. The van der Waals surface area contributed by atoms with Crippen LogP contribution in [-0.4, -0.2) is 0 Å². The van der Waals surface area contributed by atoms with Crippen molar-refractivity contribution < 1.29 is 0 Å². The van der Waals surface area contributed by atoms with Crippen LogP contribution in [-0.2, 0) is 6.42 Å². The minimum Gasteiger partial charge on any atom is -0.192 e. The third-order valence-electron chi connectivity index (χ3n) is 4.37. The fraction of sp³-hybridized carbons (Fsp3) is 0.273. The molecule has 1 aliphatic heterocycles. The molecule has 0 radical (unpaired) electrons. The van der Waals surface area contributed by atoms with Crippen molar-refractivity contribution >= 4 is 44.7 Å². The SMILES string of the molecule is CCCCCCc1cc(=C2SC=CS2)sc1=c1ccc(=C(C#N)C#N)cc1. The topological polar surface area (TPSA) is 47.6 Å². The van der Waals surface area contributed by atoms with Gasteiger partial charge in [-0.2, -0.15) is 10.5 Å². The first-order valence-corrected chi connectivity index (χ1v) is 11.6. The van der Waals surface area contributed by atoms with E-state index in [1.807, 2.05) is 47.7 Å². The predicted molar refractivity (Wildman–Crippen MR) is 118 cm³/mol. The average Bonchev–Trinajstić information content (AvgIpc) is 3.37. The van der Waals surface area contributed by atoms with Crippen LogP contribution in [0.2, 0.25) is 0 Å². The molecular weight excluding hydrogens is 388 g/mol. The first-order chi connectivity index (χ1) is 13.3. The Balaban J connectivity index is 2.12. The van der Waals surface area contributed by atoms with Crippen molar-refractivity contribution in [1.29, 1.82) is 10.5 Å². The summed E-state index contributed by atoms with van der Waals surface area (Å²) in [6, 6.07) is 14.1. The molecule has 0 aliphatic carbocycles. The molecule has 0 saturated heterocycles. The van der Waals surface area contributed by atoms with Crippen molar-refractivity contribution in [1.82, 2.24) is 0 Å². The summed E-state index contributed by atoms with van der Waals surface area (Å²) in [5.41, 5.74) is 1.57. The fourth-order valence-corrected chi connectivity index (χ4v) is 6.15. The molecule has 0 N–H and O–H groups in total. The van der Waals surface area contributed by atoms with Gasteiger partial charge in [-0.15, -0.1) is 11.3 Å². The predicted octanol–water partition coefficient (Wildman–Crippen LogP) is 5.37. The van der Waals surface area contributed by atoms with Gasteiger partial charge >= 0.3 is 0 Å². The van der Waals surface area contributed by atoms with Gasteiger partial charge in [0, 0.05) is 14.3 Å². The van der Waals surface area contributed by atoms with E-state index < -0.39 is 0 Å². The summed E-state index contributed by atoms with van der Waals surface area (Å²) < 4.78 is 3.99. The normalized spacial score (nSPS) is 12.8. The van der Waals surface area contributed by atoms with Crippen LogP contribution < -0.4 is 9.75 Å². The average molecular weight is 409 g/mol. The molecule has 2 aromatic rings. The second-order valence-electron chi connectivity index (χ2n) is 6.25. The molecule has 5 heteroatoms. The summed E-state index contributed by atoms with van der Waals surface area (Å²) in [6.45, 7) is 2.24. The van der Waals surface area contributed by atoms with E-state index in [4.69, 9.17) is 10.5 Å². The van der Waals surface area contributed by atoms with Gasteiger partial charge in [-0.05, 0) is 40.5 Å². The van der Waals surface area contributed by atoms with Crippen molar-refractivity contribution in [3.05, 3.63) is 66.2 Å². The van der Waals surface area contributed by atoms with Crippen LogP contribution in [0.1, 0.15) is 38.2 Å². The Bertz CT molecular complexity index is 1090. The number of unbranched alkanes of at least 4 members (excludes halogenated alkanes) is 3. The first kappa shape index (κ1) is 19.8. The Hall–Kier alpha value is -1.92. The molecule has 0 unspecified atom stereocenters. The van der Waals surface area contributed by atoms with Crippen molar-refractivity contribution in [3.8, 4) is 12.1 Å². The van der Waals surface area contributed by atoms with Gasteiger partial charge in [-0.25, -0.2) is 0 Å². The Labute approximate surface area is 172 Å². The van der Waals surface area contributed by atoms with Gasteiger partial charge in [0.1, 0.15) is 17.7 Å². The van der Waals surface area contributed by atoms with Crippen LogP contribution in [0.4, 0.5) is 0 Å². The minimum atomic E-state index is 0.161. The van der Waals surface area contributed by atoms with Crippen LogP contribution >= 0.6 is 34.9 Å². The van der Waals surface area contributed by atoms with Gasteiger partial charge in [0.2, 0.25) is 0 Å². The number of rotatable bonds is 5. The zero-order valence-electron chi connectivity index (χ0n) is 15.2. The van der Waals surface area contributed by atoms with Gasteiger partial charge in [-0.1, -0.05) is 74.0 Å². The molecule has 1 aliphatic rings. The molecule has 0 bridgehead atoms.